The van der Waals surface area contributed by atoms with Gasteiger partial charge in [0.15, 0.2) is 0 Å². The summed E-state index contributed by atoms with van der Waals surface area (Å²) in [5, 5.41) is 5.75. The van der Waals surface area contributed by atoms with Crippen LogP contribution in [0, 0.1) is 0 Å². The number of anilines is 3. The van der Waals surface area contributed by atoms with Gasteiger partial charge in [-0.25, -0.2) is 0 Å². The lowest BCUT2D eigenvalue weighted by Crippen LogP contribution is -2.10. The topological polar surface area (TPSA) is 3.24 Å². The van der Waals surface area contributed by atoms with E-state index in [1.54, 1.807) is 0 Å². The molecule has 0 fully saturated rings. The first-order valence-corrected chi connectivity index (χ1v) is 13.5. The second kappa shape index (κ2) is 9.08. The Labute approximate surface area is 224 Å². The highest BCUT2D eigenvalue weighted by Crippen LogP contribution is 2.46. The van der Waals surface area contributed by atoms with Crippen LogP contribution in [0.3, 0.4) is 0 Å². The smallest absolute Gasteiger partial charge is 0.0547 e. The van der Waals surface area contributed by atoms with Gasteiger partial charge < -0.3 is 4.90 Å². The predicted molar refractivity (Wildman–Crippen MR) is 162 cm³/mol. The Morgan fingerprint density at radius 1 is 0.486 bits per heavy atom. The number of rotatable bonds is 4. The zero-order valence-electron chi connectivity index (χ0n) is 19.9. The van der Waals surface area contributed by atoms with Crippen LogP contribution in [-0.2, 0) is 0 Å². The van der Waals surface area contributed by atoms with Crippen molar-refractivity contribution in [3.8, 4) is 11.1 Å². The van der Waals surface area contributed by atoms with Gasteiger partial charge in [-0.2, -0.15) is 0 Å². The minimum atomic E-state index is 0.771. The lowest BCUT2D eigenvalue weighted by molar-refractivity contribution is 1.30. The first-order chi connectivity index (χ1) is 18.3. The minimum absolute atomic E-state index is 0.771. The highest BCUT2D eigenvalue weighted by atomic mass is 35.5. The number of hydrogen-bond donors (Lipinski definition) is 0. The first-order valence-electron chi connectivity index (χ1n) is 12.3. The van der Waals surface area contributed by atoms with Gasteiger partial charge in [-0.15, -0.1) is 11.3 Å². The monoisotopic (exact) mass is 511 g/mol. The van der Waals surface area contributed by atoms with Crippen LogP contribution in [0.1, 0.15) is 0 Å². The summed E-state index contributed by atoms with van der Waals surface area (Å²) in [6.07, 6.45) is 0. The van der Waals surface area contributed by atoms with E-state index in [9.17, 15) is 0 Å². The molecule has 0 aliphatic carbocycles. The largest absolute Gasteiger partial charge is 0.310 e. The summed E-state index contributed by atoms with van der Waals surface area (Å²) in [6, 6.07) is 47.3. The maximum absolute atomic E-state index is 6.36. The fraction of sp³-hybridized carbons (Fsp3) is 0. The third-order valence-electron chi connectivity index (χ3n) is 6.91. The molecular formula is C34H22ClNS. The van der Waals surface area contributed by atoms with Crippen LogP contribution in [0.2, 0.25) is 5.02 Å². The second-order valence-corrected chi connectivity index (χ2v) is 10.6. The summed E-state index contributed by atoms with van der Waals surface area (Å²) >= 11 is 8.18. The van der Waals surface area contributed by atoms with E-state index in [2.05, 4.69) is 132 Å². The average Bonchev–Trinajstić information content (AvgIpc) is 3.32. The summed E-state index contributed by atoms with van der Waals surface area (Å²) in [4.78, 5) is 2.37. The van der Waals surface area contributed by atoms with Crippen molar-refractivity contribution in [3.63, 3.8) is 0 Å². The van der Waals surface area contributed by atoms with Crippen molar-refractivity contribution < 1.29 is 0 Å². The number of thiophene rings is 1. The fourth-order valence-electron chi connectivity index (χ4n) is 5.18. The molecule has 7 rings (SSSR count). The van der Waals surface area contributed by atoms with E-state index < -0.39 is 0 Å². The normalized spacial score (nSPS) is 11.4. The van der Waals surface area contributed by atoms with E-state index in [0.29, 0.717) is 0 Å². The van der Waals surface area contributed by atoms with Crippen LogP contribution in [0.4, 0.5) is 17.1 Å². The Kier molecular flexibility index (Phi) is 5.43. The van der Waals surface area contributed by atoms with Gasteiger partial charge in [0.1, 0.15) is 0 Å². The van der Waals surface area contributed by atoms with Gasteiger partial charge in [-0.05, 0) is 53.6 Å². The first kappa shape index (κ1) is 22.1. The van der Waals surface area contributed by atoms with E-state index in [-0.39, 0.29) is 0 Å². The molecule has 0 saturated carbocycles. The van der Waals surface area contributed by atoms with Gasteiger partial charge in [0.25, 0.3) is 0 Å². The van der Waals surface area contributed by atoms with Gasteiger partial charge >= 0.3 is 0 Å². The molecule has 0 N–H and O–H groups in total. The van der Waals surface area contributed by atoms with Crippen LogP contribution in [0.5, 0.6) is 0 Å². The summed E-state index contributed by atoms with van der Waals surface area (Å²) in [6.45, 7) is 0. The number of hydrogen-bond acceptors (Lipinski definition) is 2. The molecule has 0 aliphatic rings. The van der Waals surface area contributed by atoms with E-state index in [1.165, 1.54) is 42.1 Å². The number of nitrogens with zero attached hydrogens (tertiary/aromatic N) is 1. The van der Waals surface area contributed by atoms with Crippen molar-refractivity contribution in [3.05, 3.63) is 138 Å². The van der Waals surface area contributed by atoms with Gasteiger partial charge in [0.2, 0.25) is 0 Å². The van der Waals surface area contributed by atoms with E-state index >= 15 is 0 Å². The molecule has 0 spiro atoms. The van der Waals surface area contributed by atoms with Crippen molar-refractivity contribution in [2.24, 2.45) is 0 Å². The Bertz CT molecular complexity index is 1870. The zero-order valence-corrected chi connectivity index (χ0v) is 21.5. The molecule has 0 unspecified atom stereocenters. The molecule has 0 aliphatic heterocycles. The molecule has 6 aromatic carbocycles. The third-order valence-corrected chi connectivity index (χ3v) is 8.34. The Hall–Kier alpha value is -4.11. The SMILES string of the molecule is Clc1ccc2c(c1)sc1c3ccccc3c(N(c3ccccc3)c3ccc(-c4ccccc4)cc3)cc21. The van der Waals surface area contributed by atoms with E-state index in [4.69, 9.17) is 11.6 Å². The fourth-order valence-corrected chi connectivity index (χ4v) is 6.67. The molecule has 0 atom stereocenters. The summed E-state index contributed by atoms with van der Waals surface area (Å²) in [7, 11) is 0. The third kappa shape index (κ3) is 3.86. The van der Waals surface area contributed by atoms with Crippen molar-refractivity contribution in [2.45, 2.75) is 0 Å². The van der Waals surface area contributed by atoms with Crippen LogP contribution in [-0.4, -0.2) is 0 Å². The van der Waals surface area contributed by atoms with Gasteiger partial charge in [0.05, 0.1) is 5.69 Å². The van der Waals surface area contributed by atoms with Gasteiger partial charge in [0, 0.05) is 47.3 Å². The number of fused-ring (bicyclic) bond motifs is 5. The molecule has 1 nitrogen and oxygen atoms in total. The molecule has 0 radical (unpaired) electrons. The van der Waals surface area contributed by atoms with E-state index in [0.717, 1.165) is 22.1 Å². The van der Waals surface area contributed by atoms with Crippen LogP contribution in [0.25, 0.3) is 42.1 Å². The maximum atomic E-state index is 6.36. The average molecular weight is 512 g/mol. The lowest BCUT2D eigenvalue weighted by atomic mass is 10.0. The van der Waals surface area contributed by atoms with Crippen molar-refractivity contribution in [1.82, 2.24) is 0 Å². The van der Waals surface area contributed by atoms with Gasteiger partial charge in [-0.3, -0.25) is 0 Å². The van der Waals surface area contributed by atoms with Crippen molar-refractivity contribution in [2.75, 3.05) is 4.90 Å². The van der Waals surface area contributed by atoms with Crippen LogP contribution < -0.4 is 4.90 Å². The number of halogens is 1. The standard InChI is InChI=1S/C34H22ClNS/c35-25-17-20-29-31-22-32(28-13-7-8-14-30(28)34(31)37-33(29)21-25)36(26-11-5-2-6-12-26)27-18-15-24(16-19-27)23-9-3-1-4-10-23/h1-22H. The van der Waals surface area contributed by atoms with Crippen molar-refractivity contribution in [1.29, 1.82) is 0 Å². The van der Waals surface area contributed by atoms with Crippen molar-refractivity contribution >= 4 is 70.9 Å². The van der Waals surface area contributed by atoms with Crippen LogP contribution in [0.15, 0.2) is 133 Å². The zero-order chi connectivity index (χ0) is 24.8. The van der Waals surface area contributed by atoms with E-state index in [1.807, 2.05) is 17.4 Å². The quantitative estimate of drug-likeness (QED) is 0.227. The highest BCUT2D eigenvalue weighted by Gasteiger charge is 2.19. The maximum Gasteiger partial charge on any atom is 0.0547 e. The summed E-state index contributed by atoms with van der Waals surface area (Å²) < 4.78 is 2.51. The Balaban J connectivity index is 1.49. The molecule has 3 heteroatoms. The molecule has 1 aromatic heterocycles. The highest BCUT2D eigenvalue weighted by molar-refractivity contribution is 7.26. The molecule has 0 saturated heterocycles. The summed E-state index contributed by atoms with van der Waals surface area (Å²) in [5.74, 6) is 0. The molecule has 1 heterocycles. The lowest BCUT2D eigenvalue weighted by Gasteiger charge is -2.27. The summed E-state index contributed by atoms with van der Waals surface area (Å²) in [5.41, 5.74) is 5.84. The second-order valence-electron chi connectivity index (χ2n) is 9.14. The molecular weight excluding hydrogens is 490 g/mol. The van der Waals surface area contributed by atoms with Gasteiger partial charge in [-0.1, -0.05) is 103 Å². The number of benzene rings is 6. The molecule has 7 aromatic rings. The predicted octanol–water partition coefficient (Wildman–Crippen LogP) is 11.0. The molecule has 37 heavy (non-hydrogen) atoms. The molecule has 0 amide bonds. The number of para-hydroxylation sites is 1. The minimum Gasteiger partial charge on any atom is -0.310 e. The molecule has 176 valence electrons. The van der Waals surface area contributed by atoms with Crippen LogP contribution >= 0.6 is 22.9 Å². The molecule has 0 bridgehead atoms. The Morgan fingerprint density at radius 2 is 1.11 bits per heavy atom. The Morgan fingerprint density at radius 3 is 1.86 bits per heavy atom.